The van der Waals surface area contributed by atoms with Crippen LogP contribution in [0.2, 0.25) is 0 Å². The summed E-state index contributed by atoms with van der Waals surface area (Å²) in [6.07, 6.45) is 1.08. The predicted molar refractivity (Wildman–Crippen MR) is 74.9 cm³/mol. The summed E-state index contributed by atoms with van der Waals surface area (Å²) in [5.74, 6) is 5.66. The average molecular weight is 317 g/mol. The molecule has 0 aliphatic heterocycles. The predicted octanol–water partition coefficient (Wildman–Crippen LogP) is 3.69. The van der Waals surface area contributed by atoms with Crippen LogP contribution in [0.1, 0.15) is 28.3 Å². The van der Waals surface area contributed by atoms with Gasteiger partial charge in [0.2, 0.25) is 0 Å². The minimum Gasteiger partial charge on any atom is -0.271 e. The zero-order valence-corrected chi connectivity index (χ0v) is 12.1. The first-order valence-electron chi connectivity index (χ1n) is 5.02. The summed E-state index contributed by atoms with van der Waals surface area (Å²) in [6.45, 7) is 2.17. The van der Waals surface area contributed by atoms with Crippen LogP contribution in [0.25, 0.3) is 0 Å². The second-order valence-corrected chi connectivity index (χ2v) is 6.23. The molecule has 0 spiro atoms. The Labute approximate surface area is 112 Å². The maximum absolute atomic E-state index is 5.66. The molecular weight excluding hydrogens is 304 g/mol. The van der Waals surface area contributed by atoms with Crippen molar-refractivity contribution in [3.8, 4) is 0 Å². The minimum absolute atomic E-state index is 0.0888. The molecule has 0 aromatic carbocycles. The van der Waals surface area contributed by atoms with E-state index >= 15 is 0 Å². The zero-order valence-electron chi connectivity index (χ0n) is 8.87. The van der Waals surface area contributed by atoms with Gasteiger partial charge in [0.05, 0.1) is 6.04 Å². The van der Waals surface area contributed by atoms with Gasteiger partial charge in [-0.2, -0.15) is 11.3 Å². The number of aryl methyl sites for hydroxylation is 1. The molecule has 0 fully saturated rings. The van der Waals surface area contributed by atoms with E-state index in [1.807, 2.05) is 11.3 Å². The van der Waals surface area contributed by atoms with Crippen molar-refractivity contribution in [1.82, 2.24) is 5.43 Å². The molecule has 3 N–H and O–H groups in total. The highest BCUT2D eigenvalue weighted by molar-refractivity contribution is 9.10. The molecule has 1 atom stereocenters. The second kappa shape index (κ2) is 5.42. The fourth-order valence-corrected chi connectivity index (χ4v) is 4.15. The lowest BCUT2D eigenvalue weighted by atomic mass is 10.1. The first kappa shape index (κ1) is 12.3. The Hall–Kier alpha value is -0.200. The van der Waals surface area contributed by atoms with E-state index in [0.29, 0.717) is 0 Å². The van der Waals surface area contributed by atoms with Crippen LogP contribution in [0.3, 0.4) is 0 Å². The molecule has 0 amide bonds. The van der Waals surface area contributed by atoms with Gasteiger partial charge in [-0.25, -0.2) is 5.43 Å². The summed E-state index contributed by atoms with van der Waals surface area (Å²) < 4.78 is 1.12. The molecule has 2 nitrogen and oxygen atoms in total. The maximum Gasteiger partial charge on any atom is 0.0821 e. The van der Waals surface area contributed by atoms with Crippen LogP contribution >= 0.6 is 38.6 Å². The number of halogens is 1. The molecule has 0 bridgehead atoms. The topological polar surface area (TPSA) is 38.0 Å². The number of hydrazine groups is 1. The summed E-state index contributed by atoms with van der Waals surface area (Å²) >= 11 is 7.04. The quantitative estimate of drug-likeness (QED) is 0.667. The second-order valence-electron chi connectivity index (χ2n) is 3.43. The van der Waals surface area contributed by atoms with Gasteiger partial charge in [-0.1, -0.05) is 6.92 Å². The standard InChI is InChI=1S/C11H13BrN2S2/c1-2-7-3-4-10(16-7)11(14-13)8-5-15-6-9(8)12/h3-6,11,14H,2,13H2,1H3. The van der Waals surface area contributed by atoms with E-state index in [-0.39, 0.29) is 6.04 Å². The molecule has 0 saturated heterocycles. The van der Waals surface area contributed by atoms with Crippen molar-refractivity contribution in [3.05, 3.63) is 42.7 Å². The molecule has 16 heavy (non-hydrogen) atoms. The van der Waals surface area contributed by atoms with E-state index in [0.717, 1.165) is 10.9 Å². The number of nitrogens with one attached hydrogen (secondary N) is 1. The molecule has 0 saturated carbocycles. The van der Waals surface area contributed by atoms with Crippen LogP contribution in [-0.4, -0.2) is 0 Å². The Kier molecular flexibility index (Phi) is 4.16. The lowest BCUT2D eigenvalue weighted by Crippen LogP contribution is -2.28. The Morgan fingerprint density at radius 1 is 1.44 bits per heavy atom. The van der Waals surface area contributed by atoms with Crippen LogP contribution in [-0.2, 0) is 6.42 Å². The fourth-order valence-electron chi connectivity index (χ4n) is 1.56. The normalized spacial score (nSPS) is 12.9. The summed E-state index contributed by atoms with van der Waals surface area (Å²) in [7, 11) is 0. The van der Waals surface area contributed by atoms with Crippen molar-refractivity contribution in [2.45, 2.75) is 19.4 Å². The molecule has 0 aliphatic carbocycles. The fraction of sp³-hybridized carbons (Fsp3) is 0.273. The highest BCUT2D eigenvalue weighted by Crippen LogP contribution is 2.34. The van der Waals surface area contributed by atoms with Gasteiger partial charge < -0.3 is 0 Å². The molecule has 0 aliphatic rings. The first-order valence-corrected chi connectivity index (χ1v) is 7.57. The third kappa shape index (κ3) is 2.38. The van der Waals surface area contributed by atoms with E-state index in [1.54, 1.807) is 11.3 Å². The highest BCUT2D eigenvalue weighted by Gasteiger charge is 2.17. The minimum atomic E-state index is 0.0888. The number of rotatable bonds is 4. The lowest BCUT2D eigenvalue weighted by Gasteiger charge is -2.13. The molecule has 2 rings (SSSR count). The summed E-state index contributed by atoms with van der Waals surface area (Å²) in [5, 5.41) is 4.20. The molecule has 0 radical (unpaired) electrons. The van der Waals surface area contributed by atoms with Crippen LogP contribution < -0.4 is 11.3 Å². The monoisotopic (exact) mass is 316 g/mol. The number of nitrogens with two attached hydrogens (primary N) is 1. The van der Waals surface area contributed by atoms with Gasteiger partial charge in [-0.15, -0.1) is 11.3 Å². The van der Waals surface area contributed by atoms with E-state index in [4.69, 9.17) is 5.84 Å². The number of hydrogen-bond acceptors (Lipinski definition) is 4. The molecule has 86 valence electrons. The van der Waals surface area contributed by atoms with Crippen molar-refractivity contribution >= 4 is 38.6 Å². The highest BCUT2D eigenvalue weighted by atomic mass is 79.9. The summed E-state index contributed by atoms with van der Waals surface area (Å²) in [4.78, 5) is 2.65. The molecular formula is C11H13BrN2S2. The van der Waals surface area contributed by atoms with Crippen LogP contribution in [0.15, 0.2) is 27.4 Å². The molecule has 2 heterocycles. The lowest BCUT2D eigenvalue weighted by molar-refractivity contribution is 0.646. The molecule has 1 unspecified atom stereocenters. The number of thiophene rings is 2. The van der Waals surface area contributed by atoms with E-state index in [9.17, 15) is 0 Å². The van der Waals surface area contributed by atoms with Gasteiger partial charge in [0.25, 0.3) is 0 Å². The van der Waals surface area contributed by atoms with E-state index in [1.165, 1.54) is 15.3 Å². The number of hydrogen-bond donors (Lipinski definition) is 2. The van der Waals surface area contributed by atoms with Crippen molar-refractivity contribution in [2.75, 3.05) is 0 Å². The van der Waals surface area contributed by atoms with Gasteiger partial charge in [0.15, 0.2) is 0 Å². The average Bonchev–Trinajstić information content (AvgIpc) is 2.90. The van der Waals surface area contributed by atoms with Crippen molar-refractivity contribution < 1.29 is 0 Å². The van der Waals surface area contributed by atoms with E-state index < -0.39 is 0 Å². The van der Waals surface area contributed by atoms with Gasteiger partial charge in [-0.3, -0.25) is 5.84 Å². The largest absolute Gasteiger partial charge is 0.271 e. The smallest absolute Gasteiger partial charge is 0.0821 e. The Morgan fingerprint density at radius 3 is 2.75 bits per heavy atom. The van der Waals surface area contributed by atoms with Crippen molar-refractivity contribution in [3.63, 3.8) is 0 Å². The van der Waals surface area contributed by atoms with E-state index in [2.05, 4.69) is 51.2 Å². The molecule has 2 aromatic heterocycles. The Balaban J connectivity index is 2.32. The Morgan fingerprint density at radius 2 is 2.25 bits per heavy atom. The summed E-state index contributed by atoms with van der Waals surface area (Å²) in [6, 6.07) is 4.41. The molecule has 2 aromatic rings. The SMILES string of the molecule is CCc1ccc(C(NN)c2cscc2Br)s1. The maximum atomic E-state index is 5.66. The van der Waals surface area contributed by atoms with Gasteiger partial charge in [-0.05, 0) is 39.9 Å². The van der Waals surface area contributed by atoms with Crippen LogP contribution in [0, 0.1) is 0 Å². The Bertz CT molecular complexity index is 464. The zero-order chi connectivity index (χ0) is 11.5. The van der Waals surface area contributed by atoms with Crippen molar-refractivity contribution in [1.29, 1.82) is 0 Å². The van der Waals surface area contributed by atoms with Crippen LogP contribution in [0.5, 0.6) is 0 Å². The summed E-state index contributed by atoms with van der Waals surface area (Å²) in [5.41, 5.74) is 4.09. The third-order valence-electron chi connectivity index (χ3n) is 2.44. The van der Waals surface area contributed by atoms with Crippen LogP contribution in [0.4, 0.5) is 0 Å². The van der Waals surface area contributed by atoms with Gasteiger partial charge in [0.1, 0.15) is 0 Å². The first-order chi connectivity index (χ1) is 7.76. The molecule has 5 heteroatoms. The van der Waals surface area contributed by atoms with Crippen molar-refractivity contribution in [2.24, 2.45) is 5.84 Å². The van der Waals surface area contributed by atoms with Gasteiger partial charge in [0, 0.05) is 25.2 Å². The third-order valence-corrected chi connectivity index (χ3v) is 5.48. The van der Waals surface area contributed by atoms with Gasteiger partial charge >= 0.3 is 0 Å².